The molecule has 3 amide bonds. The van der Waals surface area contributed by atoms with Crippen molar-refractivity contribution in [3.8, 4) is 0 Å². The second kappa shape index (κ2) is 6.35. The summed E-state index contributed by atoms with van der Waals surface area (Å²) in [6, 6.07) is 7.33. The topological polar surface area (TPSA) is 52.7 Å². The molecule has 114 valence electrons. The van der Waals surface area contributed by atoms with Crippen LogP contribution in [0.15, 0.2) is 24.3 Å². The monoisotopic (exact) mass is 309 g/mol. The van der Waals surface area contributed by atoms with Crippen LogP contribution in [0.2, 0.25) is 5.02 Å². The standard InChI is InChI=1S/C15H20ClN3O2/c1-15(2,12-3-5-13(16)6-4-12)17-14(21)19-9-7-18(11-20)8-10-19/h3-6,11H,7-10H2,1-2H3,(H,17,21). The predicted molar refractivity (Wildman–Crippen MR) is 82.2 cm³/mol. The number of amides is 3. The zero-order valence-electron chi connectivity index (χ0n) is 12.3. The van der Waals surface area contributed by atoms with E-state index in [0.717, 1.165) is 12.0 Å². The quantitative estimate of drug-likeness (QED) is 0.869. The molecule has 1 aliphatic heterocycles. The third-order valence-corrected chi connectivity index (χ3v) is 3.99. The van der Waals surface area contributed by atoms with Crippen molar-refractivity contribution in [1.82, 2.24) is 15.1 Å². The molecule has 0 aliphatic carbocycles. The normalized spacial score (nSPS) is 15.8. The van der Waals surface area contributed by atoms with Crippen LogP contribution < -0.4 is 5.32 Å². The molecule has 0 unspecified atom stereocenters. The molecule has 1 saturated heterocycles. The van der Waals surface area contributed by atoms with Gasteiger partial charge in [-0.1, -0.05) is 23.7 Å². The van der Waals surface area contributed by atoms with Gasteiger partial charge in [-0.25, -0.2) is 4.79 Å². The summed E-state index contributed by atoms with van der Waals surface area (Å²) >= 11 is 5.89. The Balaban J connectivity index is 1.98. The molecule has 2 rings (SSSR count). The van der Waals surface area contributed by atoms with Crippen molar-refractivity contribution in [3.05, 3.63) is 34.9 Å². The number of carbonyl (C=O) groups excluding carboxylic acids is 2. The lowest BCUT2D eigenvalue weighted by Gasteiger charge is -2.36. The molecule has 0 aromatic heterocycles. The highest BCUT2D eigenvalue weighted by molar-refractivity contribution is 6.30. The molecule has 1 fully saturated rings. The number of urea groups is 1. The first kappa shape index (κ1) is 15.6. The average molecular weight is 310 g/mol. The van der Waals surface area contributed by atoms with E-state index in [-0.39, 0.29) is 6.03 Å². The molecule has 0 atom stereocenters. The van der Waals surface area contributed by atoms with Gasteiger partial charge in [-0.2, -0.15) is 0 Å². The van der Waals surface area contributed by atoms with E-state index in [4.69, 9.17) is 11.6 Å². The van der Waals surface area contributed by atoms with Crippen molar-refractivity contribution in [2.75, 3.05) is 26.2 Å². The van der Waals surface area contributed by atoms with Gasteiger partial charge in [0.15, 0.2) is 0 Å². The molecule has 21 heavy (non-hydrogen) atoms. The van der Waals surface area contributed by atoms with Gasteiger partial charge in [-0.15, -0.1) is 0 Å². The summed E-state index contributed by atoms with van der Waals surface area (Å²) in [7, 11) is 0. The maximum atomic E-state index is 12.3. The zero-order chi connectivity index (χ0) is 15.5. The molecule has 1 aromatic rings. The van der Waals surface area contributed by atoms with Crippen molar-refractivity contribution in [1.29, 1.82) is 0 Å². The van der Waals surface area contributed by atoms with E-state index in [1.807, 2.05) is 38.1 Å². The second-order valence-corrected chi connectivity index (χ2v) is 6.13. The molecule has 0 radical (unpaired) electrons. The Morgan fingerprint density at radius 3 is 2.29 bits per heavy atom. The number of hydrogen-bond donors (Lipinski definition) is 1. The van der Waals surface area contributed by atoms with Crippen molar-refractivity contribution < 1.29 is 9.59 Å². The van der Waals surface area contributed by atoms with Gasteiger partial charge in [-0.3, -0.25) is 4.79 Å². The minimum absolute atomic E-state index is 0.111. The lowest BCUT2D eigenvalue weighted by atomic mass is 9.94. The van der Waals surface area contributed by atoms with Crippen LogP contribution >= 0.6 is 11.6 Å². The highest BCUT2D eigenvalue weighted by Gasteiger charge is 2.27. The van der Waals surface area contributed by atoms with Gasteiger partial charge in [0.05, 0.1) is 5.54 Å². The summed E-state index contributed by atoms with van der Waals surface area (Å²) in [4.78, 5) is 26.4. The van der Waals surface area contributed by atoms with Crippen LogP contribution in [0.25, 0.3) is 0 Å². The Labute approximate surface area is 129 Å². The van der Waals surface area contributed by atoms with E-state index in [0.29, 0.717) is 31.2 Å². The fourth-order valence-electron chi connectivity index (χ4n) is 2.32. The van der Waals surface area contributed by atoms with Gasteiger partial charge in [0.1, 0.15) is 0 Å². The molecule has 1 N–H and O–H groups in total. The van der Waals surface area contributed by atoms with Gasteiger partial charge in [0.2, 0.25) is 6.41 Å². The molecule has 1 aromatic carbocycles. The van der Waals surface area contributed by atoms with E-state index < -0.39 is 5.54 Å². The number of nitrogens with zero attached hydrogens (tertiary/aromatic N) is 2. The molecule has 0 bridgehead atoms. The molecular weight excluding hydrogens is 290 g/mol. The summed E-state index contributed by atoms with van der Waals surface area (Å²) < 4.78 is 0. The number of piperazine rings is 1. The fraction of sp³-hybridized carbons (Fsp3) is 0.467. The second-order valence-electron chi connectivity index (χ2n) is 5.69. The van der Waals surface area contributed by atoms with Gasteiger partial charge < -0.3 is 15.1 Å². The first-order valence-electron chi connectivity index (χ1n) is 6.95. The van der Waals surface area contributed by atoms with Crippen LogP contribution in [0.4, 0.5) is 4.79 Å². The van der Waals surface area contributed by atoms with Gasteiger partial charge in [-0.05, 0) is 31.5 Å². The number of nitrogens with one attached hydrogen (secondary N) is 1. The number of hydrogen-bond acceptors (Lipinski definition) is 2. The molecule has 1 heterocycles. The van der Waals surface area contributed by atoms with Crippen LogP contribution in [-0.2, 0) is 10.3 Å². The molecule has 1 aliphatic rings. The zero-order valence-corrected chi connectivity index (χ0v) is 13.1. The van der Waals surface area contributed by atoms with E-state index in [9.17, 15) is 9.59 Å². The molecule has 5 nitrogen and oxygen atoms in total. The minimum Gasteiger partial charge on any atom is -0.342 e. The first-order valence-corrected chi connectivity index (χ1v) is 7.32. The Hall–Kier alpha value is -1.75. The lowest BCUT2D eigenvalue weighted by Crippen LogP contribution is -2.54. The number of benzene rings is 1. The Morgan fingerprint density at radius 1 is 1.19 bits per heavy atom. The van der Waals surface area contributed by atoms with E-state index >= 15 is 0 Å². The Bertz CT molecular complexity index is 508. The largest absolute Gasteiger partial charge is 0.342 e. The number of halogens is 1. The number of carbonyl (C=O) groups is 2. The average Bonchev–Trinajstić information content (AvgIpc) is 2.47. The van der Waals surface area contributed by atoms with E-state index in [1.165, 1.54) is 0 Å². The van der Waals surface area contributed by atoms with Crippen LogP contribution in [0, 0.1) is 0 Å². The van der Waals surface area contributed by atoms with Crippen LogP contribution in [0.1, 0.15) is 19.4 Å². The third-order valence-electron chi connectivity index (χ3n) is 3.74. The smallest absolute Gasteiger partial charge is 0.318 e. The highest BCUT2D eigenvalue weighted by atomic mass is 35.5. The summed E-state index contributed by atoms with van der Waals surface area (Å²) in [6.07, 6.45) is 0.826. The van der Waals surface area contributed by atoms with E-state index in [1.54, 1.807) is 9.80 Å². The highest BCUT2D eigenvalue weighted by Crippen LogP contribution is 2.22. The van der Waals surface area contributed by atoms with Gasteiger partial charge >= 0.3 is 6.03 Å². The summed E-state index contributed by atoms with van der Waals surface area (Å²) in [6.45, 7) is 6.19. The van der Waals surface area contributed by atoms with Gasteiger partial charge in [0, 0.05) is 31.2 Å². The lowest BCUT2D eigenvalue weighted by molar-refractivity contribution is -0.119. The number of rotatable bonds is 3. The van der Waals surface area contributed by atoms with Crippen molar-refractivity contribution in [2.24, 2.45) is 0 Å². The molecule has 6 heteroatoms. The van der Waals surface area contributed by atoms with Crippen LogP contribution in [0.5, 0.6) is 0 Å². The van der Waals surface area contributed by atoms with Crippen LogP contribution in [0.3, 0.4) is 0 Å². The molecule has 0 spiro atoms. The maximum absolute atomic E-state index is 12.3. The Morgan fingerprint density at radius 2 is 1.76 bits per heavy atom. The van der Waals surface area contributed by atoms with Crippen molar-refractivity contribution >= 4 is 24.0 Å². The maximum Gasteiger partial charge on any atom is 0.318 e. The molecule has 0 saturated carbocycles. The summed E-state index contributed by atoms with van der Waals surface area (Å²) in [5.41, 5.74) is 0.510. The SMILES string of the molecule is CC(C)(NC(=O)N1CCN(C=O)CC1)c1ccc(Cl)cc1. The van der Waals surface area contributed by atoms with Gasteiger partial charge in [0.25, 0.3) is 0 Å². The Kier molecular flexibility index (Phi) is 4.73. The summed E-state index contributed by atoms with van der Waals surface area (Å²) in [5.74, 6) is 0. The van der Waals surface area contributed by atoms with Crippen molar-refractivity contribution in [3.63, 3.8) is 0 Å². The molecular formula is C15H20ClN3O2. The van der Waals surface area contributed by atoms with Crippen molar-refractivity contribution in [2.45, 2.75) is 19.4 Å². The predicted octanol–water partition coefficient (Wildman–Crippen LogP) is 2.06. The first-order chi connectivity index (χ1) is 9.92. The van der Waals surface area contributed by atoms with Crippen LogP contribution in [-0.4, -0.2) is 48.4 Å². The third kappa shape index (κ3) is 3.88. The fourth-order valence-corrected chi connectivity index (χ4v) is 2.44. The minimum atomic E-state index is -0.483. The van der Waals surface area contributed by atoms with E-state index in [2.05, 4.69) is 5.32 Å². The summed E-state index contributed by atoms with van der Waals surface area (Å²) in [5, 5.41) is 3.70.